The highest BCUT2D eigenvalue weighted by molar-refractivity contribution is 7.10. The molecule has 1 atom stereocenters. The minimum Gasteiger partial charge on any atom is -0.309 e. The topological polar surface area (TPSA) is 12.0 Å². The third-order valence-corrected chi connectivity index (χ3v) is 3.89. The van der Waals surface area contributed by atoms with Gasteiger partial charge in [0, 0.05) is 10.9 Å². The molecule has 11 heavy (non-hydrogen) atoms. The van der Waals surface area contributed by atoms with Crippen molar-refractivity contribution in [3.05, 3.63) is 20.8 Å². The number of aryl methyl sites for hydroxylation is 1. The Bertz CT molecular complexity index is 265. The highest BCUT2D eigenvalue weighted by Crippen LogP contribution is 2.36. The number of hydrogen-bond donors (Lipinski definition) is 1. The van der Waals surface area contributed by atoms with E-state index in [1.807, 2.05) is 0 Å². The molecule has 1 saturated heterocycles. The van der Waals surface area contributed by atoms with Gasteiger partial charge in [-0.3, -0.25) is 0 Å². The molecule has 0 aliphatic carbocycles. The molecule has 0 bridgehead atoms. The molecule has 0 amide bonds. The Kier molecular flexibility index (Phi) is 1.91. The fourth-order valence-electron chi connectivity index (χ4n) is 1.20. The minimum atomic E-state index is 0.543. The van der Waals surface area contributed by atoms with Crippen molar-refractivity contribution in [1.29, 1.82) is 0 Å². The number of nitrogens with one attached hydrogen (secondary N) is 1. The third kappa shape index (κ3) is 1.19. The molecule has 0 radical (unpaired) electrons. The largest absolute Gasteiger partial charge is 0.309 e. The predicted molar refractivity (Wildman–Crippen MR) is 49.4 cm³/mol. The average Bonchev–Trinajstić information content (AvgIpc) is 2.15. The molecule has 1 fully saturated rings. The summed E-state index contributed by atoms with van der Waals surface area (Å²) < 4.78 is 0. The summed E-state index contributed by atoms with van der Waals surface area (Å²) >= 11 is 7.85. The Morgan fingerprint density at radius 3 is 2.82 bits per heavy atom. The zero-order valence-corrected chi connectivity index (χ0v) is 7.93. The lowest BCUT2D eigenvalue weighted by Crippen LogP contribution is -2.34. The predicted octanol–water partition coefficient (Wildman–Crippen LogP) is 2.74. The molecule has 60 valence electrons. The molecular weight excluding hydrogens is 178 g/mol. The molecule has 1 N–H and O–H groups in total. The van der Waals surface area contributed by atoms with E-state index in [9.17, 15) is 0 Å². The van der Waals surface area contributed by atoms with Gasteiger partial charge < -0.3 is 5.32 Å². The van der Waals surface area contributed by atoms with Gasteiger partial charge in [0.15, 0.2) is 0 Å². The number of halogens is 1. The maximum atomic E-state index is 6.09. The third-order valence-electron chi connectivity index (χ3n) is 2.07. The van der Waals surface area contributed by atoms with Gasteiger partial charge >= 0.3 is 0 Å². The zero-order valence-electron chi connectivity index (χ0n) is 6.36. The van der Waals surface area contributed by atoms with E-state index in [2.05, 4.69) is 17.6 Å². The highest BCUT2D eigenvalue weighted by atomic mass is 35.5. The molecule has 1 aliphatic rings. The van der Waals surface area contributed by atoms with E-state index in [4.69, 9.17) is 11.6 Å². The molecule has 2 rings (SSSR count). The Morgan fingerprint density at radius 1 is 1.73 bits per heavy atom. The van der Waals surface area contributed by atoms with Crippen molar-refractivity contribution < 1.29 is 0 Å². The van der Waals surface area contributed by atoms with E-state index in [0.717, 1.165) is 11.6 Å². The van der Waals surface area contributed by atoms with Crippen molar-refractivity contribution in [2.24, 2.45) is 0 Å². The van der Waals surface area contributed by atoms with Gasteiger partial charge in [-0.25, -0.2) is 0 Å². The number of rotatable bonds is 1. The second kappa shape index (κ2) is 2.77. The lowest BCUT2D eigenvalue weighted by Gasteiger charge is -2.26. The fraction of sp³-hybridized carbons (Fsp3) is 0.500. The number of hydrogen-bond acceptors (Lipinski definition) is 2. The van der Waals surface area contributed by atoms with Crippen LogP contribution in [0.5, 0.6) is 0 Å². The molecule has 0 aromatic carbocycles. The summed E-state index contributed by atoms with van der Waals surface area (Å²) in [6.45, 7) is 3.19. The minimum absolute atomic E-state index is 0.543. The van der Waals surface area contributed by atoms with Crippen LogP contribution in [0.3, 0.4) is 0 Å². The van der Waals surface area contributed by atoms with Gasteiger partial charge in [0.2, 0.25) is 0 Å². The molecule has 1 aromatic rings. The summed E-state index contributed by atoms with van der Waals surface area (Å²) in [7, 11) is 0. The molecule has 2 heterocycles. The maximum absolute atomic E-state index is 6.09. The zero-order chi connectivity index (χ0) is 7.84. The van der Waals surface area contributed by atoms with Gasteiger partial charge in [-0.05, 0) is 30.8 Å². The van der Waals surface area contributed by atoms with Crippen LogP contribution in [0.4, 0.5) is 0 Å². The maximum Gasteiger partial charge on any atom is 0.0590 e. The lowest BCUT2D eigenvalue weighted by molar-refractivity contribution is 0.389. The van der Waals surface area contributed by atoms with Crippen LogP contribution in [0.25, 0.3) is 0 Å². The van der Waals surface area contributed by atoms with E-state index < -0.39 is 0 Å². The van der Waals surface area contributed by atoms with Crippen molar-refractivity contribution >= 4 is 22.9 Å². The van der Waals surface area contributed by atoms with E-state index in [0.29, 0.717) is 6.04 Å². The first-order chi connectivity index (χ1) is 5.29. The van der Waals surface area contributed by atoms with Crippen molar-refractivity contribution in [3.63, 3.8) is 0 Å². The Hall–Kier alpha value is -0.0500. The van der Waals surface area contributed by atoms with Gasteiger partial charge in [0.05, 0.1) is 5.02 Å². The van der Waals surface area contributed by atoms with Crippen LogP contribution < -0.4 is 5.32 Å². The van der Waals surface area contributed by atoms with Crippen LogP contribution in [-0.2, 0) is 0 Å². The van der Waals surface area contributed by atoms with Gasteiger partial charge in [-0.2, -0.15) is 0 Å². The molecule has 0 spiro atoms. The quantitative estimate of drug-likeness (QED) is 0.713. The standard InChI is InChI=1S/C8H10ClNS/c1-5-4-11-8(7(5)9)6-2-3-10-6/h4,6,10H,2-3H2,1H3. The second-order valence-corrected chi connectivity index (χ2v) is 4.18. The molecule has 1 nitrogen and oxygen atoms in total. The molecule has 1 aliphatic heterocycles. The smallest absolute Gasteiger partial charge is 0.0590 e. The van der Waals surface area contributed by atoms with Gasteiger partial charge in [0.25, 0.3) is 0 Å². The highest BCUT2D eigenvalue weighted by Gasteiger charge is 2.22. The second-order valence-electron chi connectivity index (χ2n) is 2.89. The number of thiophene rings is 1. The van der Waals surface area contributed by atoms with E-state index in [1.165, 1.54) is 16.9 Å². The van der Waals surface area contributed by atoms with Gasteiger partial charge in [-0.15, -0.1) is 11.3 Å². The van der Waals surface area contributed by atoms with E-state index in [1.54, 1.807) is 11.3 Å². The van der Waals surface area contributed by atoms with Crippen molar-refractivity contribution in [1.82, 2.24) is 5.32 Å². The Labute approximate surface area is 75.4 Å². The Morgan fingerprint density at radius 2 is 2.45 bits per heavy atom. The summed E-state index contributed by atoms with van der Waals surface area (Å²) in [6.07, 6.45) is 1.24. The van der Waals surface area contributed by atoms with Crippen LogP contribution in [0.15, 0.2) is 5.38 Å². The molecular formula is C8H10ClNS. The van der Waals surface area contributed by atoms with Crippen LogP contribution in [0, 0.1) is 6.92 Å². The monoisotopic (exact) mass is 187 g/mol. The Balaban J connectivity index is 2.29. The lowest BCUT2D eigenvalue weighted by atomic mass is 10.1. The van der Waals surface area contributed by atoms with Crippen LogP contribution >= 0.6 is 22.9 Å². The van der Waals surface area contributed by atoms with E-state index >= 15 is 0 Å². The molecule has 1 aromatic heterocycles. The average molecular weight is 188 g/mol. The van der Waals surface area contributed by atoms with Crippen LogP contribution in [0.2, 0.25) is 5.02 Å². The van der Waals surface area contributed by atoms with Crippen molar-refractivity contribution in [2.45, 2.75) is 19.4 Å². The summed E-state index contributed by atoms with van der Waals surface area (Å²) in [6, 6.07) is 0.543. The first-order valence-electron chi connectivity index (χ1n) is 3.76. The SMILES string of the molecule is Cc1csc(C2CCN2)c1Cl. The summed E-state index contributed by atoms with van der Waals surface area (Å²) in [5.74, 6) is 0. The molecule has 1 unspecified atom stereocenters. The first-order valence-corrected chi connectivity index (χ1v) is 5.01. The van der Waals surface area contributed by atoms with Crippen LogP contribution in [0.1, 0.15) is 22.9 Å². The van der Waals surface area contributed by atoms with Crippen molar-refractivity contribution in [2.75, 3.05) is 6.54 Å². The molecule has 3 heteroatoms. The van der Waals surface area contributed by atoms with E-state index in [-0.39, 0.29) is 0 Å². The molecule has 0 saturated carbocycles. The normalized spacial score (nSPS) is 23.3. The fourth-order valence-corrected chi connectivity index (χ4v) is 2.63. The van der Waals surface area contributed by atoms with Crippen molar-refractivity contribution in [3.8, 4) is 0 Å². The summed E-state index contributed by atoms with van der Waals surface area (Å²) in [5, 5.41) is 6.43. The summed E-state index contributed by atoms with van der Waals surface area (Å²) in [4.78, 5) is 1.32. The first kappa shape index (κ1) is 7.59. The van der Waals surface area contributed by atoms with Crippen LogP contribution in [-0.4, -0.2) is 6.54 Å². The summed E-state index contributed by atoms with van der Waals surface area (Å²) in [5.41, 5.74) is 1.21. The van der Waals surface area contributed by atoms with Gasteiger partial charge in [-0.1, -0.05) is 11.6 Å². The van der Waals surface area contributed by atoms with Gasteiger partial charge in [0.1, 0.15) is 0 Å².